The van der Waals surface area contributed by atoms with Gasteiger partial charge in [-0.3, -0.25) is 14.2 Å². The smallest absolute Gasteiger partial charge is 0.255 e. The van der Waals surface area contributed by atoms with Crippen LogP contribution in [0.2, 0.25) is 0 Å². The quantitative estimate of drug-likeness (QED) is 0.493. The van der Waals surface area contributed by atoms with Gasteiger partial charge in [-0.25, -0.2) is 0 Å². The molecule has 2 aromatic heterocycles. The van der Waals surface area contributed by atoms with Gasteiger partial charge in [-0.05, 0) is 41.5 Å². The van der Waals surface area contributed by atoms with E-state index in [1.165, 1.54) is 0 Å². The summed E-state index contributed by atoms with van der Waals surface area (Å²) in [7, 11) is 0. The second kappa shape index (κ2) is 8.22. The first-order valence-electron chi connectivity index (χ1n) is 8.80. The van der Waals surface area contributed by atoms with E-state index in [0.29, 0.717) is 24.3 Å². The van der Waals surface area contributed by atoms with Crippen LogP contribution in [0.4, 0.5) is 5.69 Å². The molecule has 4 rings (SSSR count). The molecule has 0 fully saturated rings. The van der Waals surface area contributed by atoms with Crippen LogP contribution in [-0.4, -0.2) is 25.5 Å². The minimum Gasteiger partial charge on any atom is -0.319 e. The zero-order chi connectivity index (χ0) is 19.3. The third-order valence-corrected chi connectivity index (χ3v) is 4.77. The van der Waals surface area contributed by atoms with Gasteiger partial charge in [-0.1, -0.05) is 40.2 Å². The highest BCUT2D eigenvalue weighted by molar-refractivity contribution is 9.10. The maximum atomic E-state index is 12.6. The van der Waals surface area contributed by atoms with Crippen molar-refractivity contribution in [1.82, 2.24) is 19.6 Å². The first-order chi connectivity index (χ1) is 13.7. The van der Waals surface area contributed by atoms with Crippen molar-refractivity contribution < 1.29 is 4.79 Å². The number of benzene rings is 2. The van der Waals surface area contributed by atoms with E-state index >= 15 is 0 Å². The predicted molar refractivity (Wildman–Crippen MR) is 111 cm³/mol. The lowest BCUT2D eigenvalue weighted by molar-refractivity contribution is 0.102. The molecule has 0 saturated heterocycles. The number of amides is 1. The SMILES string of the molecule is O=C(Nc1cnn(Cc2ccc(Br)cc2)c1)c1cccc(Cn2cccn2)c1. The van der Waals surface area contributed by atoms with Crippen molar-refractivity contribution >= 4 is 27.5 Å². The van der Waals surface area contributed by atoms with Gasteiger partial charge in [0.05, 0.1) is 25.0 Å². The van der Waals surface area contributed by atoms with Gasteiger partial charge in [-0.2, -0.15) is 10.2 Å². The molecule has 0 radical (unpaired) electrons. The standard InChI is InChI=1S/C21H18BrN5O/c22-19-7-5-16(6-8-19)13-27-15-20(12-24-27)25-21(28)18-4-1-3-17(11-18)14-26-10-2-9-23-26/h1-12,15H,13-14H2,(H,25,28). The van der Waals surface area contributed by atoms with Crippen molar-refractivity contribution in [3.8, 4) is 0 Å². The molecular formula is C21H18BrN5O. The number of anilines is 1. The number of nitrogens with zero attached hydrogens (tertiary/aromatic N) is 4. The Morgan fingerprint density at radius 3 is 2.57 bits per heavy atom. The normalized spacial score (nSPS) is 10.8. The molecule has 7 heteroatoms. The number of hydrogen-bond acceptors (Lipinski definition) is 3. The van der Waals surface area contributed by atoms with Crippen LogP contribution in [0.1, 0.15) is 21.5 Å². The molecule has 0 unspecified atom stereocenters. The summed E-state index contributed by atoms with van der Waals surface area (Å²) in [5.74, 6) is -0.162. The molecule has 2 heterocycles. The molecule has 1 N–H and O–H groups in total. The number of carbonyl (C=O) groups excluding carboxylic acids is 1. The fraction of sp³-hybridized carbons (Fsp3) is 0.0952. The molecule has 1 amide bonds. The van der Waals surface area contributed by atoms with Gasteiger partial charge in [0.1, 0.15) is 0 Å². The lowest BCUT2D eigenvalue weighted by atomic mass is 10.1. The zero-order valence-corrected chi connectivity index (χ0v) is 16.6. The summed E-state index contributed by atoms with van der Waals surface area (Å²) >= 11 is 3.43. The van der Waals surface area contributed by atoms with Crippen LogP contribution in [0.25, 0.3) is 0 Å². The van der Waals surface area contributed by atoms with E-state index in [0.717, 1.165) is 15.6 Å². The molecule has 0 saturated carbocycles. The van der Waals surface area contributed by atoms with Crippen molar-refractivity contribution in [3.63, 3.8) is 0 Å². The van der Waals surface area contributed by atoms with Crippen molar-refractivity contribution in [2.45, 2.75) is 13.1 Å². The zero-order valence-electron chi connectivity index (χ0n) is 15.0. The molecule has 0 atom stereocenters. The largest absolute Gasteiger partial charge is 0.319 e. The van der Waals surface area contributed by atoms with Crippen LogP contribution in [0.15, 0.2) is 83.9 Å². The lowest BCUT2D eigenvalue weighted by Crippen LogP contribution is -2.12. The van der Waals surface area contributed by atoms with Gasteiger partial charge in [-0.15, -0.1) is 0 Å². The third-order valence-electron chi connectivity index (χ3n) is 4.24. The van der Waals surface area contributed by atoms with Crippen molar-refractivity contribution in [2.75, 3.05) is 5.32 Å². The minimum absolute atomic E-state index is 0.162. The average Bonchev–Trinajstić information content (AvgIpc) is 3.36. The van der Waals surface area contributed by atoms with Gasteiger partial charge < -0.3 is 5.32 Å². The van der Waals surface area contributed by atoms with Crippen LogP contribution in [0.5, 0.6) is 0 Å². The molecule has 0 aliphatic rings. The summed E-state index contributed by atoms with van der Waals surface area (Å²) in [6, 6.07) is 17.5. The van der Waals surface area contributed by atoms with Gasteiger partial charge in [0.2, 0.25) is 0 Å². The van der Waals surface area contributed by atoms with Crippen LogP contribution in [-0.2, 0) is 13.1 Å². The summed E-state index contributed by atoms with van der Waals surface area (Å²) in [4.78, 5) is 12.6. The molecule has 0 spiro atoms. The summed E-state index contributed by atoms with van der Waals surface area (Å²) < 4.78 is 4.66. The fourth-order valence-corrected chi connectivity index (χ4v) is 3.15. The Morgan fingerprint density at radius 1 is 0.964 bits per heavy atom. The number of aromatic nitrogens is 4. The van der Waals surface area contributed by atoms with Gasteiger partial charge in [0.25, 0.3) is 5.91 Å². The Morgan fingerprint density at radius 2 is 1.79 bits per heavy atom. The first-order valence-corrected chi connectivity index (χ1v) is 9.60. The van der Waals surface area contributed by atoms with Gasteiger partial charge >= 0.3 is 0 Å². The molecule has 2 aromatic carbocycles. The van der Waals surface area contributed by atoms with Crippen LogP contribution in [0.3, 0.4) is 0 Å². The topological polar surface area (TPSA) is 64.7 Å². The monoisotopic (exact) mass is 435 g/mol. The van der Waals surface area contributed by atoms with E-state index in [1.54, 1.807) is 23.1 Å². The number of halogens is 1. The Balaban J connectivity index is 1.41. The highest BCUT2D eigenvalue weighted by Crippen LogP contribution is 2.14. The maximum Gasteiger partial charge on any atom is 0.255 e. The van der Waals surface area contributed by atoms with Crippen LogP contribution < -0.4 is 5.32 Å². The summed E-state index contributed by atoms with van der Waals surface area (Å²) in [5, 5.41) is 11.4. The Hall–Kier alpha value is -3.19. The number of carbonyl (C=O) groups is 1. The van der Waals surface area contributed by atoms with Crippen molar-refractivity contribution in [3.05, 3.63) is 101 Å². The van der Waals surface area contributed by atoms with E-state index in [2.05, 4.69) is 31.4 Å². The number of hydrogen-bond donors (Lipinski definition) is 1. The van der Waals surface area contributed by atoms with Gasteiger partial charge in [0, 0.05) is 28.6 Å². The van der Waals surface area contributed by atoms with E-state index in [4.69, 9.17) is 0 Å². The number of nitrogens with one attached hydrogen (secondary N) is 1. The number of rotatable bonds is 6. The maximum absolute atomic E-state index is 12.6. The highest BCUT2D eigenvalue weighted by atomic mass is 79.9. The molecule has 0 bridgehead atoms. The van der Waals surface area contributed by atoms with E-state index in [-0.39, 0.29) is 5.91 Å². The third kappa shape index (κ3) is 4.55. The summed E-state index contributed by atoms with van der Waals surface area (Å²) in [6.07, 6.45) is 7.12. The predicted octanol–water partition coefficient (Wildman–Crippen LogP) is 4.19. The second-order valence-corrected chi connectivity index (χ2v) is 7.33. The Bertz CT molecular complexity index is 1070. The van der Waals surface area contributed by atoms with E-state index in [9.17, 15) is 4.79 Å². The molecule has 6 nitrogen and oxygen atoms in total. The first kappa shape index (κ1) is 18.2. The van der Waals surface area contributed by atoms with Crippen LogP contribution in [0, 0.1) is 0 Å². The van der Waals surface area contributed by atoms with Gasteiger partial charge in [0.15, 0.2) is 0 Å². The fourth-order valence-electron chi connectivity index (χ4n) is 2.89. The summed E-state index contributed by atoms with van der Waals surface area (Å²) in [6.45, 7) is 1.27. The molecule has 0 aliphatic carbocycles. The molecular weight excluding hydrogens is 418 g/mol. The molecule has 0 aliphatic heterocycles. The second-order valence-electron chi connectivity index (χ2n) is 6.41. The molecule has 4 aromatic rings. The minimum atomic E-state index is -0.162. The summed E-state index contributed by atoms with van der Waals surface area (Å²) in [5.41, 5.74) is 3.42. The lowest BCUT2D eigenvalue weighted by Gasteiger charge is -2.06. The average molecular weight is 436 g/mol. The van der Waals surface area contributed by atoms with E-state index in [1.807, 2.05) is 65.6 Å². The molecule has 140 valence electrons. The van der Waals surface area contributed by atoms with Crippen molar-refractivity contribution in [2.24, 2.45) is 0 Å². The van der Waals surface area contributed by atoms with E-state index < -0.39 is 0 Å². The Kier molecular flexibility index (Phi) is 5.34. The highest BCUT2D eigenvalue weighted by Gasteiger charge is 2.09. The van der Waals surface area contributed by atoms with Crippen molar-refractivity contribution in [1.29, 1.82) is 0 Å². The van der Waals surface area contributed by atoms with Crippen LogP contribution >= 0.6 is 15.9 Å². The Labute approximate surface area is 170 Å². The molecule has 28 heavy (non-hydrogen) atoms.